The van der Waals surface area contributed by atoms with Crippen LogP contribution in [0.4, 0.5) is 0 Å². The van der Waals surface area contributed by atoms with Crippen molar-refractivity contribution in [3.8, 4) is 0 Å². The highest BCUT2D eigenvalue weighted by Crippen LogP contribution is 2.16. The van der Waals surface area contributed by atoms with Gasteiger partial charge >= 0.3 is 5.97 Å². The molecule has 0 fully saturated rings. The van der Waals surface area contributed by atoms with Gasteiger partial charge in [-0.2, -0.15) is 0 Å². The first-order valence-corrected chi connectivity index (χ1v) is 6.45. The molecule has 108 valence electrons. The van der Waals surface area contributed by atoms with E-state index in [4.69, 9.17) is 5.11 Å². The molecule has 20 heavy (non-hydrogen) atoms. The van der Waals surface area contributed by atoms with Crippen molar-refractivity contribution < 1.29 is 14.7 Å². The van der Waals surface area contributed by atoms with E-state index in [1.807, 2.05) is 0 Å². The Morgan fingerprint density at radius 3 is 2.20 bits per heavy atom. The third kappa shape index (κ3) is 5.26. The molecule has 1 aromatic rings. The van der Waals surface area contributed by atoms with Crippen LogP contribution in [0.3, 0.4) is 0 Å². The Bertz CT molecular complexity index is 510. The van der Waals surface area contributed by atoms with Crippen molar-refractivity contribution in [1.29, 1.82) is 0 Å². The number of carboxylic acid groups (broad SMARTS) is 1. The predicted octanol–water partition coefficient (Wildman–Crippen LogP) is 2.90. The average Bonchev–Trinajstić information content (AvgIpc) is 2.34. The molecule has 1 rings (SSSR count). The Morgan fingerprint density at radius 2 is 1.75 bits per heavy atom. The van der Waals surface area contributed by atoms with Crippen molar-refractivity contribution in [3.63, 3.8) is 0 Å². The number of hydrogen-bond donors (Lipinski definition) is 1. The summed E-state index contributed by atoms with van der Waals surface area (Å²) in [5.74, 6) is -1.02. The lowest BCUT2D eigenvalue weighted by molar-refractivity contribution is -0.131. The topological polar surface area (TPSA) is 57.6 Å². The van der Waals surface area contributed by atoms with Crippen LogP contribution in [0.2, 0.25) is 0 Å². The summed E-state index contributed by atoms with van der Waals surface area (Å²) in [4.78, 5) is 24.3. The van der Waals surface area contributed by atoms with Gasteiger partial charge in [0.25, 0.3) is 5.91 Å². The van der Waals surface area contributed by atoms with E-state index in [0.29, 0.717) is 12.1 Å². The zero-order chi connectivity index (χ0) is 15.3. The molecule has 0 aromatic heterocycles. The summed E-state index contributed by atoms with van der Waals surface area (Å²) in [6.07, 6.45) is 2.57. The van der Waals surface area contributed by atoms with Gasteiger partial charge in [-0.15, -0.1) is 0 Å². The van der Waals surface area contributed by atoms with Crippen molar-refractivity contribution in [3.05, 3.63) is 41.5 Å². The molecule has 4 heteroatoms. The van der Waals surface area contributed by atoms with Gasteiger partial charge < -0.3 is 10.0 Å². The average molecular weight is 275 g/mol. The number of carboxylic acids is 1. The smallest absolute Gasteiger partial charge is 0.328 e. The van der Waals surface area contributed by atoms with Gasteiger partial charge in [0.15, 0.2) is 0 Å². The number of amides is 1. The Morgan fingerprint density at radius 1 is 1.20 bits per heavy atom. The molecule has 0 radical (unpaired) electrons. The van der Waals surface area contributed by atoms with Crippen LogP contribution in [0.15, 0.2) is 30.3 Å². The standard InChI is InChI=1S/C16H21NO3/c1-16(2,3)11-17(4)15(20)13-8-5-12(6-9-13)7-10-14(18)19/h5-10H,11H2,1-4H3,(H,18,19). The predicted molar refractivity (Wildman–Crippen MR) is 79.5 cm³/mol. The lowest BCUT2D eigenvalue weighted by Gasteiger charge is -2.26. The van der Waals surface area contributed by atoms with E-state index in [0.717, 1.165) is 11.6 Å². The van der Waals surface area contributed by atoms with E-state index < -0.39 is 5.97 Å². The number of nitrogens with zero attached hydrogens (tertiary/aromatic N) is 1. The highest BCUT2D eigenvalue weighted by Gasteiger charge is 2.18. The Labute approximate surface area is 119 Å². The number of carbonyl (C=O) groups excluding carboxylic acids is 1. The van der Waals surface area contributed by atoms with Crippen molar-refractivity contribution in [2.45, 2.75) is 20.8 Å². The molecule has 1 N–H and O–H groups in total. The summed E-state index contributed by atoms with van der Waals surface area (Å²) in [7, 11) is 1.78. The van der Waals surface area contributed by atoms with E-state index in [9.17, 15) is 9.59 Å². The van der Waals surface area contributed by atoms with E-state index >= 15 is 0 Å². The normalized spacial score (nSPS) is 11.6. The van der Waals surface area contributed by atoms with Crippen LogP contribution in [0.5, 0.6) is 0 Å². The molecular formula is C16H21NO3. The van der Waals surface area contributed by atoms with Gasteiger partial charge in [0.2, 0.25) is 0 Å². The van der Waals surface area contributed by atoms with Crippen LogP contribution in [-0.4, -0.2) is 35.5 Å². The Balaban J connectivity index is 2.78. The summed E-state index contributed by atoms with van der Waals surface area (Å²) in [6, 6.07) is 6.89. The molecule has 0 aliphatic rings. The maximum atomic E-state index is 12.2. The number of hydrogen-bond acceptors (Lipinski definition) is 2. The summed E-state index contributed by atoms with van der Waals surface area (Å²) >= 11 is 0. The molecule has 0 saturated heterocycles. The van der Waals surface area contributed by atoms with Gasteiger partial charge in [0.1, 0.15) is 0 Å². The molecule has 0 heterocycles. The van der Waals surface area contributed by atoms with E-state index in [1.54, 1.807) is 36.2 Å². The number of aliphatic carboxylic acids is 1. The molecule has 4 nitrogen and oxygen atoms in total. The van der Waals surface area contributed by atoms with E-state index in [1.165, 1.54) is 6.08 Å². The second-order valence-electron chi connectivity index (χ2n) is 6.02. The maximum absolute atomic E-state index is 12.2. The first kappa shape index (κ1) is 16.0. The molecular weight excluding hydrogens is 254 g/mol. The maximum Gasteiger partial charge on any atom is 0.328 e. The number of rotatable bonds is 4. The minimum atomic E-state index is -0.991. The third-order valence-electron chi connectivity index (χ3n) is 2.63. The zero-order valence-electron chi connectivity index (χ0n) is 12.4. The van der Waals surface area contributed by atoms with Gasteiger partial charge in [0.05, 0.1) is 0 Å². The van der Waals surface area contributed by atoms with Crippen molar-refractivity contribution in [2.75, 3.05) is 13.6 Å². The summed E-state index contributed by atoms with van der Waals surface area (Å²) < 4.78 is 0. The van der Waals surface area contributed by atoms with Gasteiger partial charge in [-0.1, -0.05) is 32.9 Å². The quantitative estimate of drug-likeness (QED) is 0.860. The van der Waals surface area contributed by atoms with Crippen LogP contribution in [0.1, 0.15) is 36.7 Å². The van der Waals surface area contributed by atoms with Crippen molar-refractivity contribution in [1.82, 2.24) is 4.90 Å². The number of benzene rings is 1. The zero-order valence-corrected chi connectivity index (χ0v) is 12.4. The lowest BCUT2D eigenvalue weighted by Crippen LogP contribution is -2.34. The fourth-order valence-corrected chi connectivity index (χ4v) is 1.91. The summed E-state index contributed by atoms with van der Waals surface area (Å²) in [5, 5.41) is 8.55. The minimum absolute atomic E-state index is 0.0336. The van der Waals surface area contributed by atoms with Gasteiger partial charge in [-0.25, -0.2) is 4.79 Å². The first-order valence-electron chi connectivity index (χ1n) is 6.45. The fourth-order valence-electron chi connectivity index (χ4n) is 1.91. The molecule has 0 unspecified atom stereocenters. The Hall–Kier alpha value is -2.10. The van der Waals surface area contributed by atoms with Crippen molar-refractivity contribution >= 4 is 18.0 Å². The highest BCUT2D eigenvalue weighted by molar-refractivity contribution is 5.94. The number of carbonyl (C=O) groups is 2. The summed E-state index contributed by atoms with van der Waals surface area (Å²) in [6.45, 7) is 6.91. The molecule has 0 spiro atoms. The third-order valence-corrected chi connectivity index (χ3v) is 2.63. The molecule has 0 saturated carbocycles. The monoisotopic (exact) mass is 275 g/mol. The Kier molecular flexibility index (Phi) is 5.08. The lowest BCUT2D eigenvalue weighted by atomic mass is 9.96. The highest BCUT2D eigenvalue weighted by atomic mass is 16.4. The van der Waals surface area contributed by atoms with Crippen LogP contribution >= 0.6 is 0 Å². The largest absolute Gasteiger partial charge is 0.478 e. The van der Waals surface area contributed by atoms with Crippen LogP contribution in [0, 0.1) is 5.41 Å². The molecule has 0 atom stereocenters. The second kappa shape index (κ2) is 6.37. The van der Waals surface area contributed by atoms with Crippen molar-refractivity contribution in [2.24, 2.45) is 5.41 Å². The van der Waals surface area contributed by atoms with Crippen LogP contribution in [0.25, 0.3) is 6.08 Å². The van der Waals surface area contributed by atoms with Gasteiger partial charge in [-0.3, -0.25) is 4.79 Å². The minimum Gasteiger partial charge on any atom is -0.478 e. The van der Waals surface area contributed by atoms with Crippen LogP contribution < -0.4 is 0 Å². The second-order valence-corrected chi connectivity index (χ2v) is 6.02. The van der Waals surface area contributed by atoms with Crippen LogP contribution in [-0.2, 0) is 4.79 Å². The molecule has 0 aliphatic carbocycles. The molecule has 1 aromatic carbocycles. The SMILES string of the molecule is CN(CC(C)(C)C)C(=O)c1ccc(C=CC(=O)O)cc1. The van der Waals surface area contributed by atoms with Gasteiger partial charge in [0, 0.05) is 25.2 Å². The molecule has 0 bridgehead atoms. The molecule has 0 aliphatic heterocycles. The molecule has 1 amide bonds. The summed E-state index contributed by atoms with van der Waals surface area (Å²) in [5.41, 5.74) is 1.40. The van der Waals surface area contributed by atoms with Gasteiger partial charge in [-0.05, 0) is 29.2 Å². The van der Waals surface area contributed by atoms with E-state index in [2.05, 4.69) is 20.8 Å². The fraction of sp³-hybridized carbons (Fsp3) is 0.375. The van der Waals surface area contributed by atoms with E-state index in [-0.39, 0.29) is 11.3 Å². The first-order chi connectivity index (χ1) is 9.19.